The molecule has 0 heterocycles. The lowest BCUT2D eigenvalue weighted by atomic mass is 9.95. The number of carbonyl (C=O) groups is 4. The molecule has 3 aromatic rings. The Kier molecular flexibility index (Phi) is 5.88. The summed E-state index contributed by atoms with van der Waals surface area (Å²) in [6.45, 7) is 0. The number of nitro benzene ring substituents is 1. The summed E-state index contributed by atoms with van der Waals surface area (Å²) in [6.07, 6.45) is -4.67. The number of rotatable bonds is 5. The molecular weight excluding hydrogens is 485 g/mol. The van der Waals surface area contributed by atoms with Crippen molar-refractivity contribution < 1.29 is 42.0 Å². The molecule has 0 atom stereocenters. The molecule has 0 aliphatic heterocycles. The zero-order valence-corrected chi connectivity index (χ0v) is 17.9. The second-order valence-corrected chi connectivity index (χ2v) is 7.61. The van der Waals surface area contributed by atoms with Crippen LogP contribution in [-0.4, -0.2) is 34.0 Å². The third-order valence-corrected chi connectivity index (χ3v) is 5.41. The topological polar surface area (TPSA) is 133 Å². The fourth-order valence-corrected chi connectivity index (χ4v) is 3.59. The van der Waals surface area contributed by atoms with Crippen LogP contribution in [0.5, 0.6) is 0 Å². The fourth-order valence-electron chi connectivity index (χ4n) is 3.59. The van der Waals surface area contributed by atoms with Gasteiger partial charge in [-0.15, -0.1) is 0 Å². The van der Waals surface area contributed by atoms with Gasteiger partial charge in [0.05, 0.1) is 16.1 Å². The average molecular weight is 498 g/mol. The number of benzene rings is 3. The van der Waals surface area contributed by atoms with Crippen LogP contribution in [0.15, 0.2) is 72.8 Å². The van der Waals surface area contributed by atoms with E-state index < -0.39 is 51.3 Å². The van der Waals surface area contributed by atoms with Gasteiger partial charge in [-0.3, -0.25) is 24.5 Å². The van der Waals surface area contributed by atoms with Crippen LogP contribution in [0.1, 0.15) is 36.6 Å². The highest BCUT2D eigenvalue weighted by Gasteiger charge is 2.62. The molecule has 0 saturated carbocycles. The van der Waals surface area contributed by atoms with Gasteiger partial charge in [0.25, 0.3) is 11.6 Å². The molecule has 1 amide bonds. The van der Waals surface area contributed by atoms with Gasteiger partial charge in [0, 0.05) is 28.9 Å². The van der Waals surface area contributed by atoms with Crippen LogP contribution in [0.3, 0.4) is 0 Å². The van der Waals surface area contributed by atoms with Gasteiger partial charge >= 0.3 is 17.7 Å². The van der Waals surface area contributed by atoms with Crippen molar-refractivity contribution in [2.75, 3.05) is 5.32 Å². The van der Waals surface area contributed by atoms with Gasteiger partial charge in [-0.25, -0.2) is 4.79 Å². The molecule has 9 nitrogen and oxygen atoms in total. The van der Waals surface area contributed by atoms with Crippen molar-refractivity contribution in [1.29, 1.82) is 0 Å². The number of alkyl halides is 3. The van der Waals surface area contributed by atoms with E-state index in [1.807, 2.05) is 0 Å². The molecule has 12 heteroatoms. The Morgan fingerprint density at radius 3 is 1.86 bits per heavy atom. The largest absolute Gasteiger partial charge is 0.428 e. The smallest absolute Gasteiger partial charge is 0.416 e. The van der Waals surface area contributed by atoms with E-state index in [-0.39, 0.29) is 22.5 Å². The van der Waals surface area contributed by atoms with E-state index in [4.69, 9.17) is 4.74 Å². The highest BCUT2D eigenvalue weighted by Crippen LogP contribution is 2.36. The fraction of sp³-hybridized carbons (Fsp3) is 0.0833. The van der Waals surface area contributed by atoms with Gasteiger partial charge in [0.1, 0.15) is 0 Å². The molecule has 0 saturated heterocycles. The van der Waals surface area contributed by atoms with Gasteiger partial charge < -0.3 is 10.1 Å². The van der Waals surface area contributed by atoms with E-state index in [9.17, 15) is 42.5 Å². The lowest BCUT2D eigenvalue weighted by Gasteiger charge is -2.25. The Bertz CT molecular complexity index is 1380. The van der Waals surface area contributed by atoms with E-state index in [2.05, 4.69) is 5.32 Å². The number of hydrogen-bond acceptors (Lipinski definition) is 7. The minimum absolute atomic E-state index is 0.0490. The number of ketones is 2. The number of nitro groups is 1. The van der Waals surface area contributed by atoms with Crippen molar-refractivity contribution >= 4 is 34.8 Å². The van der Waals surface area contributed by atoms with Gasteiger partial charge in [-0.1, -0.05) is 24.3 Å². The standard InChI is InChI=1S/C24H13F3N2O7/c25-24(26,27)14-7-5-13(6-8-14)21(32)36-23(19(30)17-3-1-2-4-18(17)20(23)31)22(33)28-15-9-11-16(12-10-15)29(34)35/h1-12H,(H,28,33). The molecule has 0 aromatic heterocycles. The van der Waals surface area contributed by atoms with Crippen LogP contribution in [-0.2, 0) is 15.7 Å². The predicted octanol–water partition coefficient (Wildman–Crippen LogP) is 4.23. The van der Waals surface area contributed by atoms with Crippen molar-refractivity contribution in [3.63, 3.8) is 0 Å². The summed E-state index contributed by atoms with van der Waals surface area (Å²) in [6, 6.07) is 12.5. The molecule has 182 valence electrons. The Labute approximate surface area is 199 Å². The Morgan fingerprint density at radius 1 is 0.861 bits per heavy atom. The first-order valence-electron chi connectivity index (χ1n) is 10.1. The molecule has 3 aromatic carbocycles. The number of halogens is 3. The van der Waals surface area contributed by atoms with Crippen LogP contribution >= 0.6 is 0 Å². The predicted molar refractivity (Wildman–Crippen MR) is 116 cm³/mol. The maximum Gasteiger partial charge on any atom is 0.416 e. The molecular formula is C24H13F3N2O7. The van der Waals surface area contributed by atoms with E-state index in [0.717, 1.165) is 36.4 Å². The van der Waals surface area contributed by atoms with Gasteiger partial charge in [0.15, 0.2) is 0 Å². The van der Waals surface area contributed by atoms with Crippen molar-refractivity contribution in [3.8, 4) is 0 Å². The van der Waals surface area contributed by atoms with Crippen LogP contribution in [0.4, 0.5) is 24.5 Å². The van der Waals surface area contributed by atoms with Crippen LogP contribution in [0.2, 0.25) is 0 Å². The highest BCUT2D eigenvalue weighted by atomic mass is 19.4. The van der Waals surface area contributed by atoms with E-state index >= 15 is 0 Å². The number of non-ortho nitro benzene ring substituents is 1. The molecule has 0 unspecified atom stereocenters. The molecule has 1 N–H and O–H groups in total. The lowest BCUT2D eigenvalue weighted by Crippen LogP contribution is -2.55. The monoisotopic (exact) mass is 498 g/mol. The normalized spacial score (nSPS) is 14.2. The molecule has 0 radical (unpaired) electrons. The molecule has 0 spiro atoms. The zero-order chi connectivity index (χ0) is 26.3. The Balaban J connectivity index is 1.71. The second-order valence-electron chi connectivity index (χ2n) is 7.61. The number of fused-ring (bicyclic) bond motifs is 1. The molecule has 4 rings (SSSR count). The van der Waals surface area contributed by atoms with Gasteiger partial charge in [-0.05, 0) is 36.4 Å². The molecule has 0 bridgehead atoms. The first-order chi connectivity index (χ1) is 16.9. The third-order valence-electron chi connectivity index (χ3n) is 5.41. The summed E-state index contributed by atoms with van der Waals surface area (Å²) >= 11 is 0. The summed E-state index contributed by atoms with van der Waals surface area (Å²) in [4.78, 5) is 62.8. The van der Waals surface area contributed by atoms with Gasteiger partial charge in [0.2, 0.25) is 11.6 Å². The highest BCUT2D eigenvalue weighted by molar-refractivity contribution is 6.44. The van der Waals surface area contributed by atoms with E-state index in [0.29, 0.717) is 12.1 Å². The maximum atomic E-state index is 13.3. The summed E-state index contributed by atoms with van der Waals surface area (Å²) in [7, 11) is 0. The molecule has 36 heavy (non-hydrogen) atoms. The number of nitrogens with zero attached hydrogens (tertiary/aromatic N) is 1. The lowest BCUT2D eigenvalue weighted by molar-refractivity contribution is -0.384. The number of Topliss-reactive ketones (excluding diaryl/α,β-unsaturated/α-hetero) is 2. The van der Waals surface area contributed by atoms with Crippen molar-refractivity contribution in [2.24, 2.45) is 0 Å². The first kappa shape index (κ1) is 24.3. The quantitative estimate of drug-likeness (QED) is 0.241. The zero-order valence-electron chi connectivity index (χ0n) is 17.9. The number of nitrogens with one attached hydrogen (secondary N) is 1. The van der Waals surface area contributed by atoms with Crippen LogP contribution in [0, 0.1) is 10.1 Å². The number of ether oxygens (including phenoxy) is 1. The van der Waals surface area contributed by atoms with E-state index in [1.54, 1.807) is 0 Å². The minimum Gasteiger partial charge on any atom is -0.428 e. The molecule has 1 aliphatic carbocycles. The summed E-state index contributed by atoms with van der Waals surface area (Å²) in [5.74, 6) is -5.05. The summed E-state index contributed by atoms with van der Waals surface area (Å²) < 4.78 is 43.7. The molecule has 1 aliphatic rings. The van der Waals surface area contributed by atoms with Crippen molar-refractivity contribution in [2.45, 2.75) is 11.8 Å². The second kappa shape index (κ2) is 8.73. The number of hydrogen-bond donors (Lipinski definition) is 1. The van der Waals surface area contributed by atoms with E-state index in [1.165, 1.54) is 24.3 Å². The Morgan fingerprint density at radius 2 is 1.39 bits per heavy atom. The first-order valence-corrected chi connectivity index (χ1v) is 10.1. The summed E-state index contributed by atoms with van der Waals surface area (Å²) in [5.41, 5.74) is -5.23. The van der Waals surface area contributed by atoms with Crippen molar-refractivity contribution in [3.05, 3.63) is 105 Å². The van der Waals surface area contributed by atoms with Crippen LogP contribution < -0.4 is 5.32 Å². The number of carbonyl (C=O) groups excluding carboxylic acids is 4. The number of anilines is 1. The SMILES string of the molecule is O=C(OC1(C(=O)Nc2ccc([N+](=O)[O-])cc2)C(=O)c2ccccc2C1=O)c1ccc(C(F)(F)F)cc1. The minimum atomic E-state index is -4.67. The molecule has 0 fully saturated rings. The summed E-state index contributed by atoms with van der Waals surface area (Å²) in [5, 5.41) is 13.1. The third kappa shape index (κ3) is 4.08. The number of amides is 1. The number of esters is 1. The maximum absolute atomic E-state index is 13.3. The Hall–Kier alpha value is -4.87. The van der Waals surface area contributed by atoms with Crippen LogP contribution in [0.25, 0.3) is 0 Å². The van der Waals surface area contributed by atoms with Crippen molar-refractivity contribution in [1.82, 2.24) is 0 Å². The van der Waals surface area contributed by atoms with Gasteiger partial charge in [-0.2, -0.15) is 13.2 Å². The average Bonchev–Trinajstić information content (AvgIpc) is 3.06.